The third-order valence-corrected chi connectivity index (χ3v) is 5.12. The van der Waals surface area contributed by atoms with Gasteiger partial charge in [-0.2, -0.15) is 13.2 Å². The van der Waals surface area contributed by atoms with Gasteiger partial charge >= 0.3 is 11.9 Å². The highest BCUT2D eigenvalue weighted by Crippen LogP contribution is 2.39. The molecule has 4 rings (SSSR count). The summed E-state index contributed by atoms with van der Waals surface area (Å²) in [5.74, 6) is 0.602. The van der Waals surface area contributed by atoms with Crippen molar-refractivity contribution in [3.63, 3.8) is 0 Å². The highest BCUT2D eigenvalue weighted by atomic mass is 19.4. The van der Waals surface area contributed by atoms with Gasteiger partial charge in [-0.3, -0.25) is 15.1 Å². The van der Waals surface area contributed by atoms with Gasteiger partial charge in [-0.1, -0.05) is 30.3 Å². The van der Waals surface area contributed by atoms with Gasteiger partial charge in [-0.15, -0.1) is 0 Å². The molecule has 0 aliphatic rings. The predicted molar refractivity (Wildman–Crippen MR) is 127 cm³/mol. The van der Waals surface area contributed by atoms with Crippen LogP contribution in [0.2, 0.25) is 0 Å². The quantitative estimate of drug-likeness (QED) is 0.154. The lowest BCUT2D eigenvalue weighted by Gasteiger charge is -2.13. The number of halogens is 3. The summed E-state index contributed by atoms with van der Waals surface area (Å²) in [4.78, 5) is 15.1. The zero-order valence-corrected chi connectivity index (χ0v) is 18.5. The number of benzene rings is 4. The second-order valence-corrected chi connectivity index (χ2v) is 7.42. The van der Waals surface area contributed by atoms with Crippen molar-refractivity contribution in [2.75, 3.05) is 6.61 Å². The molecule has 0 aliphatic carbocycles. The van der Waals surface area contributed by atoms with Crippen molar-refractivity contribution < 1.29 is 27.6 Å². The van der Waals surface area contributed by atoms with E-state index in [4.69, 9.17) is 9.47 Å². The fourth-order valence-corrected chi connectivity index (χ4v) is 3.47. The van der Waals surface area contributed by atoms with Crippen LogP contribution in [0.1, 0.15) is 18.1 Å². The molecule has 4 aromatic carbocycles. The number of hydrogen-bond acceptors (Lipinski definition) is 5. The van der Waals surface area contributed by atoms with Gasteiger partial charge in [0.1, 0.15) is 11.5 Å². The Morgan fingerprint density at radius 3 is 2.37 bits per heavy atom. The Hall–Kier alpha value is -4.40. The van der Waals surface area contributed by atoms with Gasteiger partial charge in [0.25, 0.3) is 0 Å². The Kier molecular flexibility index (Phi) is 6.68. The lowest BCUT2D eigenvalue weighted by Crippen LogP contribution is -2.06. The molecule has 0 unspecified atom stereocenters. The number of hydrogen-bond donors (Lipinski definition) is 0. The van der Waals surface area contributed by atoms with Gasteiger partial charge in [-0.25, -0.2) is 0 Å². The van der Waals surface area contributed by atoms with Crippen molar-refractivity contribution in [2.45, 2.75) is 13.1 Å². The summed E-state index contributed by atoms with van der Waals surface area (Å²) in [5, 5.41) is 13.1. The van der Waals surface area contributed by atoms with Crippen LogP contribution in [-0.4, -0.2) is 17.7 Å². The molecule has 0 atom stereocenters. The normalized spacial score (nSPS) is 11.7. The fraction of sp³-hybridized carbons (Fsp3) is 0.115. The molecule has 0 aliphatic heterocycles. The van der Waals surface area contributed by atoms with Crippen LogP contribution in [-0.2, 0) is 6.18 Å². The van der Waals surface area contributed by atoms with Crippen molar-refractivity contribution in [3.05, 3.63) is 100 Å². The van der Waals surface area contributed by atoms with E-state index >= 15 is 0 Å². The van der Waals surface area contributed by atoms with Gasteiger partial charge < -0.3 is 9.47 Å². The zero-order valence-electron chi connectivity index (χ0n) is 18.5. The highest BCUT2D eigenvalue weighted by molar-refractivity contribution is 6.03. The average molecular weight is 480 g/mol. The first-order valence-corrected chi connectivity index (χ1v) is 10.6. The van der Waals surface area contributed by atoms with E-state index in [9.17, 15) is 23.3 Å². The lowest BCUT2D eigenvalue weighted by molar-refractivity contribution is -0.385. The topological polar surface area (TPSA) is 74.0 Å². The highest BCUT2D eigenvalue weighted by Gasteiger charge is 2.33. The summed E-state index contributed by atoms with van der Waals surface area (Å²) in [6.07, 6.45) is -3.16. The van der Waals surface area contributed by atoms with Crippen LogP contribution in [0, 0.1) is 10.1 Å². The van der Waals surface area contributed by atoms with Crippen molar-refractivity contribution in [1.82, 2.24) is 0 Å². The van der Waals surface area contributed by atoms with Crippen molar-refractivity contribution >= 4 is 28.4 Å². The maximum atomic E-state index is 13.1. The van der Waals surface area contributed by atoms with Gasteiger partial charge in [0, 0.05) is 17.8 Å². The van der Waals surface area contributed by atoms with Crippen LogP contribution in [0.4, 0.5) is 24.5 Å². The van der Waals surface area contributed by atoms with Gasteiger partial charge in [0.15, 0.2) is 0 Å². The fourth-order valence-electron chi connectivity index (χ4n) is 3.47. The molecule has 0 bridgehead atoms. The number of rotatable bonds is 7. The van der Waals surface area contributed by atoms with Gasteiger partial charge in [0.05, 0.1) is 22.8 Å². The third-order valence-electron chi connectivity index (χ3n) is 5.12. The van der Waals surface area contributed by atoms with E-state index in [0.29, 0.717) is 29.7 Å². The molecule has 6 nitrogen and oxygen atoms in total. The molecule has 4 aromatic rings. The van der Waals surface area contributed by atoms with E-state index in [1.807, 2.05) is 31.2 Å². The molecule has 0 N–H and O–H groups in total. The molecule has 0 saturated heterocycles. The lowest BCUT2D eigenvalue weighted by atomic mass is 10.0. The zero-order chi connectivity index (χ0) is 25.0. The second kappa shape index (κ2) is 9.84. The second-order valence-electron chi connectivity index (χ2n) is 7.42. The van der Waals surface area contributed by atoms with Crippen LogP contribution in [0.5, 0.6) is 17.2 Å². The van der Waals surface area contributed by atoms with E-state index in [0.717, 1.165) is 22.9 Å². The summed E-state index contributed by atoms with van der Waals surface area (Å²) >= 11 is 0. The number of alkyl halides is 3. The summed E-state index contributed by atoms with van der Waals surface area (Å²) in [6.45, 7) is 2.42. The molecule has 0 saturated carbocycles. The Labute approximate surface area is 198 Å². The first kappa shape index (κ1) is 23.7. The van der Waals surface area contributed by atoms with Crippen LogP contribution >= 0.6 is 0 Å². The van der Waals surface area contributed by atoms with Gasteiger partial charge in [-0.05, 0) is 60.2 Å². The van der Waals surface area contributed by atoms with E-state index < -0.39 is 22.4 Å². The first-order valence-electron chi connectivity index (χ1n) is 10.6. The SMILES string of the molecule is CCOc1ccc(N=Cc2c(Oc3ccc(C(F)(F)F)cc3[N+](=O)[O-])ccc3ccccc23)cc1. The molecule has 0 spiro atoms. The van der Waals surface area contributed by atoms with E-state index in [2.05, 4.69) is 4.99 Å². The van der Waals surface area contributed by atoms with Crippen molar-refractivity contribution in [3.8, 4) is 17.2 Å². The number of aliphatic imine (C=N–C) groups is 1. The molecule has 0 radical (unpaired) electrons. The van der Waals surface area contributed by atoms with E-state index in [1.165, 1.54) is 0 Å². The van der Waals surface area contributed by atoms with Crippen LogP contribution in [0.25, 0.3) is 10.8 Å². The summed E-state index contributed by atoms with van der Waals surface area (Å²) in [5.41, 5.74) is -0.770. The molecule has 0 fully saturated rings. The maximum absolute atomic E-state index is 13.1. The predicted octanol–water partition coefficient (Wildman–Crippen LogP) is 7.71. The minimum atomic E-state index is -4.72. The number of nitro benzene ring substituents is 1. The average Bonchev–Trinajstić information content (AvgIpc) is 2.84. The van der Waals surface area contributed by atoms with Crippen LogP contribution < -0.4 is 9.47 Å². The molecular weight excluding hydrogens is 461 g/mol. The standard InChI is InChI=1S/C26H19F3N2O4/c1-2-34-20-11-9-19(10-12-20)30-16-22-21-6-4-3-5-17(21)7-13-24(22)35-25-14-8-18(26(27,28)29)15-23(25)31(32)33/h3-16H,2H2,1H3. The number of nitrogens with zero attached hydrogens (tertiary/aromatic N) is 2. The number of fused-ring (bicyclic) bond motifs is 1. The van der Waals surface area contributed by atoms with Crippen molar-refractivity contribution in [2.24, 2.45) is 4.99 Å². The third kappa shape index (κ3) is 5.40. The van der Waals surface area contributed by atoms with E-state index in [-0.39, 0.29) is 11.5 Å². The summed E-state index contributed by atoms with van der Waals surface area (Å²) in [6, 6.07) is 20.0. The Morgan fingerprint density at radius 2 is 1.69 bits per heavy atom. The largest absolute Gasteiger partial charge is 0.494 e. The summed E-state index contributed by atoms with van der Waals surface area (Å²) < 4.78 is 50.4. The smallest absolute Gasteiger partial charge is 0.416 e. The minimum absolute atomic E-state index is 0.209. The first-order chi connectivity index (χ1) is 16.8. The minimum Gasteiger partial charge on any atom is -0.494 e. The molecule has 0 aromatic heterocycles. The van der Waals surface area contributed by atoms with Crippen molar-refractivity contribution in [1.29, 1.82) is 0 Å². The van der Waals surface area contributed by atoms with Crippen LogP contribution in [0.3, 0.4) is 0 Å². The molecule has 0 amide bonds. The Balaban J connectivity index is 1.76. The monoisotopic (exact) mass is 480 g/mol. The molecular formula is C26H19F3N2O4. The van der Waals surface area contributed by atoms with Crippen LogP contribution in [0.15, 0.2) is 83.9 Å². The number of nitro groups is 1. The Bertz CT molecular complexity index is 1400. The molecule has 35 heavy (non-hydrogen) atoms. The van der Waals surface area contributed by atoms with E-state index in [1.54, 1.807) is 42.6 Å². The Morgan fingerprint density at radius 1 is 0.971 bits per heavy atom. The number of ether oxygens (including phenoxy) is 2. The molecule has 9 heteroatoms. The molecule has 178 valence electrons. The maximum Gasteiger partial charge on any atom is 0.416 e. The van der Waals surface area contributed by atoms with Gasteiger partial charge in [0.2, 0.25) is 5.75 Å². The summed E-state index contributed by atoms with van der Waals surface area (Å²) in [7, 11) is 0. The molecule has 0 heterocycles.